The van der Waals surface area contributed by atoms with Gasteiger partial charge < -0.3 is 10.0 Å². The molecule has 1 N–H and O–H groups in total. The van der Waals surface area contributed by atoms with Crippen LogP contribution in [0, 0.1) is 23.2 Å². The number of aryl methyl sites for hydroxylation is 2. The summed E-state index contributed by atoms with van der Waals surface area (Å²) in [6.07, 6.45) is 9.12. The van der Waals surface area contributed by atoms with E-state index in [4.69, 9.17) is 0 Å². The van der Waals surface area contributed by atoms with Gasteiger partial charge in [-0.25, -0.2) is 0 Å². The molecule has 0 aliphatic heterocycles. The minimum Gasteiger partial charge on any atom is -0.508 e. The number of nitrogens with zero attached hydrogens (tertiary/aromatic N) is 1. The van der Waals surface area contributed by atoms with Gasteiger partial charge in [0.15, 0.2) is 0 Å². The zero-order valence-corrected chi connectivity index (χ0v) is 22.8. The lowest BCUT2D eigenvalue weighted by Crippen LogP contribution is -2.44. The van der Waals surface area contributed by atoms with Gasteiger partial charge in [0, 0.05) is 31.8 Å². The predicted octanol–water partition coefficient (Wildman–Crippen LogP) is 6.82. The number of ketones is 1. The van der Waals surface area contributed by atoms with Gasteiger partial charge in [-0.1, -0.05) is 56.7 Å². The minimum atomic E-state index is -0.208. The second kappa shape index (κ2) is 10.6. The van der Waals surface area contributed by atoms with Crippen LogP contribution in [0.25, 0.3) is 0 Å². The summed E-state index contributed by atoms with van der Waals surface area (Å²) < 4.78 is 0. The van der Waals surface area contributed by atoms with Crippen LogP contribution >= 0.6 is 0 Å². The molecule has 0 saturated heterocycles. The van der Waals surface area contributed by atoms with Crippen LogP contribution in [0.4, 0.5) is 0 Å². The van der Waals surface area contributed by atoms with Gasteiger partial charge in [0.2, 0.25) is 5.91 Å². The third-order valence-corrected chi connectivity index (χ3v) is 9.94. The number of phenols is 1. The largest absolute Gasteiger partial charge is 0.508 e. The first-order valence-electron chi connectivity index (χ1n) is 14.5. The number of fused-ring (bicyclic) bond motifs is 5. The van der Waals surface area contributed by atoms with E-state index < -0.39 is 0 Å². The van der Waals surface area contributed by atoms with Gasteiger partial charge in [-0.15, -0.1) is 0 Å². The molecule has 0 bridgehead atoms. The topological polar surface area (TPSA) is 57.6 Å². The summed E-state index contributed by atoms with van der Waals surface area (Å²) in [4.78, 5) is 28.0. The maximum Gasteiger partial charge on any atom is 0.222 e. The molecular formula is C33H43NO3. The molecule has 0 unspecified atom stereocenters. The molecule has 4 heteroatoms. The van der Waals surface area contributed by atoms with Gasteiger partial charge in [0.1, 0.15) is 11.5 Å². The standard InChI is InChI=1S/C33H43NO3/c1-4-9-24-18-28-23(19-29(24)35)14-15-27-26(28)16-17-33(2)30(36)20-25(32(27)33)12-8-13-31(37)34(3)21-22-10-6-5-7-11-22/h5-7,10-11,18-19,25-27,32,35H,4,8-9,12-17,20-21H2,1-3H3/t25-,26+,27-,32+,33-/m1/s1. The highest BCUT2D eigenvalue weighted by Crippen LogP contribution is 2.62. The Morgan fingerprint density at radius 2 is 1.95 bits per heavy atom. The Labute approximate surface area is 222 Å². The van der Waals surface area contributed by atoms with Crippen LogP contribution in [0.3, 0.4) is 0 Å². The highest BCUT2D eigenvalue weighted by molar-refractivity contribution is 5.87. The molecule has 198 valence electrons. The van der Waals surface area contributed by atoms with E-state index >= 15 is 0 Å². The number of hydrogen-bond acceptors (Lipinski definition) is 3. The smallest absolute Gasteiger partial charge is 0.222 e. The van der Waals surface area contributed by atoms with Crippen LogP contribution in [0.15, 0.2) is 42.5 Å². The zero-order chi connectivity index (χ0) is 26.2. The molecule has 37 heavy (non-hydrogen) atoms. The Morgan fingerprint density at radius 1 is 1.16 bits per heavy atom. The van der Waals surface area contributed by atoms with E-state index in [1.807, 2.05) is 36.2 Å². The average Bonchev–Trinajstić information content (AvgIpc) is 3.14. The van der Waals surface area contributed by atoms with Crippen molar-refractivity contribution in [3.05, 3.63) is 64.7 Å². The molecule has 3 aliphatic rings. The third-order valence-electron chi connectivity index (χ3n) is 9.94. The van der Waals surface area contributed by atoms with E-state index in [-0.39, 0.29) is 11.3 Å². The maximum atomic E-state index is 13.3. The molecule has 0 heterocycles. The molecule has 3 aliphatic carbocycles. The van der Waals surface area contributed by atoms with Crippen molar-refractivity contribution in [2.45, 2.75) is 90.5 Å². The molecule has 2 fully saturated rings. The van der Waals surface area contributed by atoms with Crippen molar-refractivity contribution in [1.29, 1.82) is 0 Å². The summed E-state index contributed by atoms with van der Waals surface area (Å²) >= 11 is 0. The van der Waals surface area contributed by atoms with Crippen molar-refractivity contribution >= 4 is 11.7 Å². The van der Waals surface area contributed by atoms with Crippen LogP contribution < -0.4 is 0 Å². The summed E-state index contributed by atoms with van der Waals surface area (Å²) in [5.41, 5.74) is 4.77. The molecule has 0 spiro atoms. The average molecular weight is 502 g/mol. The number of hydrogen-bond donors (Lipinski definition) is 1. The van der Waals surface area contributed by atoms with Crippen molar-refractivity contribution < 1.29 is 14.7 Å². The molecular weight excluding hydrogens is 458 g/mol. The van der Waals surface area contributed by atoms with Gasteiger partial charge in [-0.2, -0.15) is 0 Å². The number of carbonyl (C=O) groups excluding carboxylic acids is 2. The van der Waals surface area contributed by atoms with E-state index in [1.165, 1.54) is 11.1 Å². The Morgan fingerprint density at radius 3 is 2.70 bits per heavy atom. The number of amides is 1. The van der Waals surface area contributed by atoms with Crippen molar-refractivity contribution in [3.8, 4) is 5.75 Å². The molecule has 0 radical (unpaired) electrons. The van der Waals surface area contributed by atoms with Crippen LogP contribution in [0.5, 0.6) is 5.75 Å². The SMILES string of the molecule is CCCc1cc2c(cc1O)CC[C@H]1[C@@H]3[C@H](CCCC(=O)N(C)Cc4ccccc4)CC(=O)[C@@]3(C)CC[C@H]21. The predicted molar refractivity (Wildman–Crippen MR) is 147 cm³/mol. The van der Waals surface area contributed by atoms with Crippen LogP contribution in [-0.2, 0) is 29.0 Å². The summed E-state index contributed by atoms with van der Waals surface area (Å²) in [6, 6.07) is 14.5. The van der Waals surface area contributed by atoms with Gasteiger partial charge in [0.05, 0.1) is 0 Å². The normalized spacial score (nSPS) is 28.4. The number of phenolic OH excluding ortho intramolecular Hbond substituents is 1. The van der Waals surface area contributed by atoms with Crippen LogP contribution in [0.2, 0.25) is 0 Å². The fourth-order valence-corrected chi connectivity index (χ4v) is 8.10. The highest BCUT2D eigenvalue weighted by atomic mass is 16.3. The number of carbonyl (C=O) groups is 2. The van der Waals surface area contributed by atoms with Gasteiger partial charge in [-0.05, 0) is 96.9 Å². The van der Waals surface area contributed by atoms with Gasteiger partial charge in [0.25, 0.3) is 0 Å². The lowest BCUT2D eigenvalue weighted by molar-refractivity contribution is -0.131. The van der Waals surface area contributed by atoms with E-state index in [1.54, 1.807) is 0 Å². The molecule has 5 atom stereocenters. The van der Waals surface area contributed by atoms with E-state index in [9.17, 15) is 14.7 Å². The van der Waals surface area contributed by atoms with E-state index in [0.717, 1.165) is 62.5 Å². The third kappa shape index (κ3) is 4.96. The first-order chi connectivity index (χ1) is 17.8. The summed E-state index contributed by atoms with van der Waals surface area (Å²) in [6.45, 7) is 5.04. The van der Waals surface area contributed by atoms with Crippen molar-refractivity contribution in [3.63, 3.8) is 0 Å². The van der Waals surface area contributed by atoms with Crippen LogP contribution in [-0.4, -0.2) is 28.7 Å². The molecule has 0 aromatic heterocycles. The Balaban J connectivity index is 1.27. The zero-order valence-electron chi connectivity index (χ0n) is 22.8. The Bertz CT molecular complexity index is 1140. The Hall–Kier alpha value is -2.62. The highest BCUT2D eigenvalue weighted by Gasteiger charge is 2.58. The summed E-state index contributed by atoms with van der Waals surface area (Å²) in [5.74, 6) is 2.90. The lowest BCUT2D eigenvalue weighted by Gasteiger charge is -2.50. The number of Topliss-reactive ketones (excluding diaryl/α,β-unsaturated/α-hetero) is 1. The molecule has 2 aromatic rings. The van der Waals surface area contributed by atoms with Crippen molar-refractivity contribution in [2.24, 2.45) is 23.2 Å². The first kappa shape index (κ1) is 26.0. The molecule has 5 rings (SSSR count). The minimum absolute atomic E-state index is 0.187. The van der Waals surface area contributed by atoms with E-state index in [2.05, 4.69) is 32.0 Å². The van der Waals surface area contributed by atoms with Gasteiger partial charge >= 0.3 is 0 Å². The fraction of sp³-hybridized carbons (Fsp3) is 0.576. The van der Waals surface area contributed by atoms with Crippen LogP contribution in [0.1, 0.15) is 93.4 Å². The maximum absolute atomic E-state index is 13.3. The summed E-state index contributed by atoms with van der Waals surface area (Å²) in [5, 5.41) is 10.5. The lowest BCUT2D eigenvalue weighted by atomic mass is 9.54. The number of aromatic hydroxyl groups is 1. The number of rotatable bonds is 8. The number of benzene rings is 2. The fourth-order valence-electron chi connectivity index (χ4n) is 8.10. The second-order valence-electron chi connectivity index (χ2n) is 12.2. The first-order valence-corrected chi connectivity index (χ1v) is 14.5. The molecule has 4 nitrogen and oxygen atoms in total. The molecule has 1 amide bonds. The van der Waals surface area contributed by atoms with Gasteiger partial charge in [-0.3, -0.25) is 9.59 Å². The van der Waals surface area contributed by atoms with Crippen molar-refractivity contribution in [1.82, 2.24) is 4.90 Å². The quantitative estimate of drug-likeness (QED) is 0.431. The van der Waals surface area contributed by atoms with E-state index in [0.29, 0.717) is 54.6 Å². The molecule has 2 aromatic carbocycles. The second-order valence-corrected chi connectivity index (χ2v) is 12.2. The van der Waals surface area contributed by atoms with Crippen molar-refractivity contribution in [2.75, 3.05) is 7.05 Å². The monoisotopic (exact) mass is 501 g/mol. The molecule has 2 saturated carbocycles. The summed E-state index contributed by atoms with van der Waals surface area (Å²) in [7, 11) is 1.89. The Kier molecular flexibility index (Phi) is 7.47.